The monoisotopic (exact) mass is 286 g/mol. The van der Waals surface area contributed by atoms with Gasteiger partial charge in [-0.15, -0.1) is 0 Å². The molecule has 0 spiro atoms. The first kappa shape index (κ1) is 15.5. The minimum atomic E-state index is -0.0873. The molecule has 0 aromatic carbocycles. The van der Waals surface area contributed by atoms with Crippen LogP contribution in [0.1, 0.15) is 54.9 Å². The minimum Gasteiger partial charge on any atom is -0.395 e. The van der Waals surface area contributed by atoms with Crippen LogP contribution in [-0.4, -0.2) is 29.1 Å². The van der Waals surface area contributed by atoms with E-state index in [4.69, 9.17) is 5.11 Å². The van der Waals surface area contributed by atoms with Gasteiger partial charge in [-0.2, -0.15) is 0 Å². The highest BCUT2D eigenvalue weighted by Crippen LogP contribution is 2.48. The lowest BCUT2D eigenvalue weighted by atomic mass is 10.0. The number of hydrogen-bond donors (Lipinski definition) is 2. The van der Waals surface area contributed by atoms with Gasteiger partial charge in [0, 0.05) is 30.9 Å². The summed E-state index contributed by atoms with van der Waals surface area (Å²) in [6.45, 7) is 2.97. The van der Waals surface area contributed by atoms with Crippen molar-refractivity contribution in [3.63, 3.8) is 0 Å². The molecule has 4 heteroatoms. The van der Waals surface area contributed by atoms with Crippen LogP contribution in [0.2, 0.25) is 0 Å². The zero-order valence-electron chi connectivity index (χ0n) is 12.5. The fourth-order valence-corrected chi connectivity index (χ4v) is 2.45. The molecule has 4 nitrogen and oxygen atoms in total. The van der Waals surface area contributed by atoms with Crippen LogP contribution < -0.4 is 5.32 Å². The Labute approximate surface area is 126 Å². The Kier molecular flexibility index (Phi) is 5.35. The van der Waals surface area contributed by atoms with Crippen molar-refractivity contribution in [3.8, 4) is 11.8 Å². The summed E-state index contributed by atoms with van der Waals surface area (Å²) in [5.74, 6) is 5.63. The third kappa shape index (κ3) is 4.57. The standard InChI is InChI=1S/C17H22N2O2/c1-2-6-17(7-8-17)13-19-16(21)15-10-14(11-18-12-15)5-3-4-9-20/h10-12,20H,2,4,6-9,13H2,1H3,(H,19,21). The molecule has 1 fully saturated rings. The van der Waals surface area contributed by atoms with Crippen molar-refractivity contribution in [1.29, 1.82) is 0 Å². The van der Waals surface area contributed by atoms with Crippen LogP contribution in [0.5, 0.6) is 0 Å². The molecule has 0 bridgehead atoms. The quantitative estimate of drug-likeness (QED) is 0.787. The Balaban J connectivity index is 1.93. The molecule has 0 saturated heterocycles. The average Bonchev–Trinajstić information content (AvgIpc) is 3.26. The molecule has 0 unspecified atom stereocenters. The Morgan fingerprint density at radius 2 is 2.29 bits per heavy atom. The smallest absolute Gasteiger partial charge is 0.252 e. The molecule has 1 heterocycles. The number of rotatable bonds is 6. The number of aromatic nitrogens is 1. The van der Waals surface area contributed by atoms with E-state index in [1.165, 1.54) is 19.3 Å². The molecule has 1 amide bonds. The molecule has 2 rings (SSSR count). The maximum atomic E-state index is 12.2. The highest BCUT2D eigenvalue weighted by atomic mass is 16.2. The number of hydrogen-bond acceptors (Lipinski definition) is 3. The summed E-state index contributed by atoms with van der Waals surface area (Å²) in [4.78, 5) is 16.2. The van der Waals surface area contributed by atoms with Gasteiger partial charge in [0.2, 0.25) is 0 Å². The van der Waals surface area contributed by atoms with E-state index in [1.807, 2.05) is 0 Å². The highest BCUT2D eigenvalue weighted by Gasteiger charge is 2.41. The summed E-state index contributed by atoms with van der Waals surface area (Å²) in [6, 6.07) is 1.74. The Morgan fingerprint density at radius 1 is 1.48 bits per heavy atom. The van der Waals surface area contributed by atoms with Crippen LogP contribution in [0.3, 0.4) is 0 Å². The van der Waals surface area contributed by atoms with Crippen LogP contribution in [0.4, 0.5) is 0 Å². The molecule has 1 saturated carbocycles. The largest absolute Gasteiger partial charge is 0.395 e. The van der Waals surface area contributed by atoms with Gasteiger partial charge in [0.15, 0.2) is 0 Å². The third-order valence-electron chi connectivity index (χ3n) is 3.83. The van der Waals surface area contributed by atoms with Crippen LogP contribution in [0.25, 0.3) is 0 Å². The Morgan fingerprint density at radius 3 is 2.95 bits per heavy atom. The fourth-order valence-electron chi connectivity index (χ4n) is 2.45. The number of carbonyl (C=O) groups is 1. The van der Waals surface area contributed by atoms with Gasteiger partial charge in [-0.25, -0.2) is 0 Å². The number of pyridine rings is 1. The molecule has 1 aliphatic carbocycles. The number of aliphatic hydroxyl groups is 1. The van der Waals surface area contributed by atoms with E-state index in [0.717, 1.165) is 13.0 Å². The van der Waals surface area contributed by atoms with Crippen LogP contribution in [0, 0.1) is 17.3 Å². The van der Waals surface area contributed by atoms with Crippen molar-refractivity contribution in [2.24, 2.45) is 5.41 Å². The van der Waals surface area contributed by atoms with Crippen LogP contribution >= 0.6 is 0 Å². The molecule has 0 aliphatic heterocycles. The van der Waals surface area contributed by atoms with E-state index in [-0.39, 0.29) is 12.5 Å². The van der Waals surface area contributed by atoms with Crippen LogP contribution in [0.15, 0.2) is 18.5 Å². The Bertz CT molecular complexity index is 553. The van der Waals surface area contributed by atoms with E-state index in [9.17, 15) is 4.79 Å². The van der Waals surface area contributed by atoms with Gasteiger partial charge in [-0.1, -0.05) is 25.2 Å². The molecule has 1 aliphatic rings. The number of nitrogens with one attached hydrogen (secondary N) is 1. The topological polar surface area (TPSA) is 62.2 Å². The average molecular weight is 286 g/mol. The zero-order chi connectivity index (χ0) is 15.1. The molecular formula is C17H22N2O2. The summed E-state index contributed by atoms with van der Waals surface area (Å²) in [5, 5.41) is 11.7. The predicted octanol–water partition coefficient (Wildman–Crippen LogP) is 2.13. The molecular weight excluding hydrogens is 264 g/mol. The predicted molar refractivity (Wildman–Crippen MR) is 81.7 cm³/mol. The van der Waals surface area contributed by atoms with E-state index in [2.05, 4.69) is 29.1 Å². The van der Waals surface area contributed by atoms with Crippen molar-refractivity contribution >= 4 is 5.91 Å². The van der Waals surface area contributed by atoms with Crippen molar-refractivity contribution in [1.82, 2.24) is 10.3 Å². The van der Waals surface area contributed by atoms with Crippen molar-refractivity contribution in [3.05, 3.63) is 29.6 Å². The van der Waals surface area contributed by atoms with Gasteiger partial charge in [0.05, 0.1) is 12.2 Å². The first-order valence-corrected chi connectivity index (χ1v) is 7.52. The normalized spacial score (nSPS) is 15.0. The summed E-state index contributed by atoms with van der Waals surface area (Å²) < 4.78 is 0. The van der Waals surface area contributed by atoms with Crippen LogP contribution in [-0.2, 0) is 0 Å². The lowest BCUT2D eigenvalue weighted by Crippen LogP contribution is -2.30. The number of carbonyl (C=O) groups excluding carboxylic acids is 1. The second kappa shape index (κ2) is 7.24. The highest BCUT2D eigenvalue weighted by molar-refractivity contribution is 5.94. The van der Waals surface area contributed by atoms with E-state index < -0.39 is 0 Å². The van der Waals surface area contributed by atoms with Crippen molar-refractivity contribution in [2.45, 2.75) is 39.0 Å². The SMILES string of the molecule is CCCC1(CNC(=O)c2cncc(C#CCCO)c2)CC1. The summed E-state index contributed by atoms with van der Waals surface area (Å²) in [5.41, 5.74) is 1.58. The summed E-state index contributed by atoms with van der Waals surface area (Å²) in [7, 11) is 0. The van der Waals surface area contributed by atoms with E-state index in [1.54, 1.807) is 18.5 Å². The number of nitrogens with zero attached hydrogens (tertiary/aromatic N) is 1. The lowest BCUT2D eigenvalue weighted by Gasteiger charge is -2.14. The van der Waals surface area contributed by atoms with Gasteiger partial charge >= 0.3 is 0 Å². The maximum absolute atomic E-state index is 12.2. The van der Waals surface area contributed by atoms with Gasteiger partial charge < -0.3 is 10.4 Å². The Hall–Kier alpha value is -1.86. The number of amides is 1. The molecule has 21 heavy (non-hydrogen) atoms. The second-order valence-electron chi connectivity index (χ2n) is 5.67. The van der Waals surface area contributed by atoms with Gasteiger partial charge in [0.1, 0.15) is 0 Å². The van der Waals surface area contributed by atoms with Crippen molar-refractivity contribution in [2.75, 3.05) is 13.2 Å². The van der Waals surface area contributed by atoms with E-state index >= 15 is 0 Å². The maximum Gasteiger partial charge on any atom is 0.252 e. The number of aliphatic hydroxyl groups excluding tert-OH is 1. The third-order valence-corrected chi connectivity index (χ3v) is 3.83. The molecule has 0 radical (unpaired) electrons. The van der Waals surface area contributed by atoms with E-state index in [0.29, 0.717) is 23.0 Å². The van der Waals surface area contributed by atoms with Gasteiger partial charge in [-0.3, -0.25) is 9.78 Å². The lowest BCUT2D eigenvalue weighted by molar-refractivity contribution is 0.0943. The molecule has 0 atom stereocenters. The molecule has 1 aromatic heterocycles. The first-order chi connectivity index (χ1) is 10.2. The molecule has 1 aromatic rings. The zero-order valence-corrected chi connectivity index (χ0v) is 12.5. The fraction of sp³-hybridized carbons (Fsp3) is 0.529. The summed E-state index contributed by atoms with van der Waals surface area (Å²) in [6.07, 6.45) is 8.38. The minimum absolute atomic E-state index is 0.0418. The van der Waals surface area contributed by atoms with Crippen molar-refractivity contribution < 1.29 is 9.90 Å². The summed E-state index contributed by atoms with van der Waals surface area (Å²) >= 11 is 0. The van der Waals surface area contributed by atoms with Gasteiger partial charge in [0.25, 0.3) is 5.91 Å². The molecule has 2 N–H and O–H groups in total. The second-order valence-corrected chi connectivity index (χ2v) is 5.67. The molecule has 112 valence electrons. The van der Waals surface area contributed by atoms with Gasteiger partial charge in [-0.05, 0) is 30.7 Å². The first-order valence-electron chi connectivity index (χ1n) is 7.52.